The fourth-order valence-electron chi connectivity index (χ4n) is 2.19. The number of nitrogen functional groups attached to an aromatic ring is 1. The minimum absolute atomic E-state index is 0.00477. The molecule has 5 nitrogen and oxygen atoms in total. The topological polar surface area (TPSA) is 91.0 Å². The molecule has 96 valence electrons. The number of amidine groups is 1. The average molecular weight is 246 g/mol. The van der Waals surface area contributed by atoms with Crippen LogP contribution >= 0.6 is 0 Å². The first kappa shape index (κ1) is 12.4. The normalized spacial score (nSPS) is 15.3. The van der Waals surface area contributed by atoms with Crippen LogP contribution in [0.1, 0.15) is 31.2 Å². The van der Waals surface area contributed by atoms with Crippen LogP contribution in [0.3, 0.4) is 0 Å². The molecule has 1 saturated carbocycles. The fourth-order valence-corrected chi connectivity index (χ4v) is 2.19. The van der Waals surface area contributed by atoms with Crippen molar-refractivity contribution in [3.8, 4) is 0 Å². The van der Waals surface area contributed by atoms with Gasteiger partial charge in [0.15, 0.2) is 0 Å². The molecule has 0 heterocycles. The lowest BCUT2D eigenvalue weighted by atomic mass is 10.2. The first-order chi connectivity index (χ1) is 8.65. The maximum Gasteiger partial charge on any atom is 0.319 e. The molecular weight excluding hydrogens is 228 g/mol. The second kappa shape index (κ2) is 5.53. The lowest BCUT2D eigenvalue weighted by Crippen LogP contribution is -2.36. The van der Waals surface area contributed by atoms with Crippen LogP contribution in [0.4, 0.5) is 10.5 Å². The highest BCUT2D eigenvalue weighted by molar-refractivity contribution is 5.97. The van der Waals surface area contributed by atoms with Crippen LogP contribution in [-0.4, -0.2) is 17.9 Å². The number of carbonyl (C=O) groups excluding carboxylic acids is 1. The average Bonchev–Trinajstić information content (AvgIpc) is 2.82. The van der Waals surface area contributed by atoms with Crippen molar-refractivity contribution >= 4 is 17.6 Å². The molecule has 2 rings (SSSR count). The lowest BCUT2D eigenvalue weighted by Gasteiger charge is -2.13. The molecule has 5 N–H and O–H groups in total. The highest BCUT2D eigenvalue weighted by Gasteiger charge is 2.16. The Balaban J connectivity index is 1.93. The smallest absolute Gasteiger partial charge is 0.319 e. The number of hydrogen-bond acceptors (Lipinski definition) is 2. The molecule has 0 atom stereocenters. The van der Waals surface area contributed by atoms with Crippen LogP contribution < -0.4 is 16.4 Å². The van der Waals surface area contributed by atoms with Gasteiger partial charge in [0, 0.05) is 17.3 Å². The van der Waals surface area contributed by atoms with E-state index in [0.717, 1.165) is 12.8 Å². The van der Waals surface area contributed by atoms with Gasteiger partial charge in [-0.25, -0.2) is 4.79 Å². The Morgan fingerprint density at radius 1 is 1.33 bits per heavy atom. The molecule has 0 saturated heterocycles. The van der Waals surface area contributed by atoms with Crippen LogP contribution in [0.25, 0.3) is 0 Å². The fraction of sp³-hybridized carbons (Fsp3) is 0.385. The first-order valence-corrected chi connectivity index (χ1v) is 6.17. The molecular formula is C13H18N4O. The van der Waals surface area contributed by atoms with Gasteiger partial charge in [-0.15, -0.1) is 0 Å². The van der Waals surface area contributed by atoms with Crippen LogP contribution in [0.5, 0.6) is 0 Å². The molecule has 18 heavy (non-hydrogen) atoms. The van der Waals surface area contributed by atoms with Crippen LogP contribution in [0, 0.1) is 5.41 Å². The summed E-state index contributed by atoms with van der Waals surface area (Å²) in [6, 6.07) is 7.07. The van der Waals surface area contributed by atoms with Gasteiger partial charge in [-0.3, -0.25) is 5.41 Å². The number of carbonyl (C=O) groups is 1. The van der Waals surface area contributed by atoms with E-state index in [2.05, 4.69) is 10.6 Å². The summed E-state index contributed by atoms with van der Waals surface area (Å²) in [4.78, 5) is 11.7. The maximum atomic E-state index is 11.7. The number of rotatable bonds is 3. The predicted octanol–water partition coefficient (Wildman–Crippen LogP) is 2.03. The minimum Gasteiger partial charge on any atom is -0.384 e. The molecule has 0 bridgehead atoms. The Hall–Kier alpha value is -2.04. The zero-order chi connectivity index (χ0) is 13.0. The number of nitrogens with two attached hydrogens (primary N) is 1. The first-order valence-electron chi connectivity index (χ1n) is 6.17. The van der Waals surface area contributed by atoms with Crippen LogP contribution in [0.15, 0.2) is 24.3 Å². The molecule has 0 aliphatic heterocycles. The summed E-state index contributed by atoms with van der Waals surface area (Å²) in [7, 11) is 0. The van der Waals surface area contributed by atoms with Crippen molar-refractivity contribution in [1.29, 1.82) is 5.41 Å². The highest BCUT2D eigenvalue weighted by atomic mass is 16.2. The zero-order valence-electron chi connectivity index (χ0n) is 10.2. The van der Waals surface area contributed by atoms with E-state index in [1.165, 1.54) is 12.8 Å². The molecule has 1 aliphatic carbocycles. The minimum atomic E-state index is -0.192. The largest absolute Gasteiger partial charge is 0.384 e. The van der Waals surface area contributed by atoms with E-state index in [9.17, 15) is 4.79 Å². The van der Waals surface area contributed by atoms with E-state index in [1.54, 1.807) is 24.3 Å². The van der Waals surface area contributed by atoms with Gasteiger partial charge in [0.25, 0.3) is 0 Å². The van der Waals surface area contributed by atoms with Crippen molar-refractivity contribution in [3.63, 3.8) is 0 Å². The Morgan fingerprint density at radius 3 is 2.72 bits per heavy atom. The van der Waals surface area contributed by atoms with E-state index in [-0.39, 0.29) is 11.9 Å². The van der Waals surface area contributed by atoms with Gasteiger partial charge < -0.3 is 16.4 Å². The standard InChI is InChI=1S/C13H18N4O/c14-12(15)9-4-3-7-11(8-9)17-13(18)16-10-5-1-2-6-10/h3-4,7-8,10H,1-2,5-6H2,(H3,14,15)(H2,16,17,18). The van der Waals surface area contributed by atoms with Gasteiger partial charge >= 0.3 is 6.03 Å². The Kier molecular flexibility index (Phi) is 3.82. The van der Waals surface area contributed by atoms with Crippen LogP contribution in [-0.2, 0) is 0 Å². The predicted molar refractivity (Wildman–Crippen MR) is 71.9 cm³/mol. The van der Waals surface area contributed by atoms with E-state index in [4.69, 9.17) is 11.1 Å². The summed E-state index contributed by atoms with van der Waals surface area (Å²) in [5.41, 5.74) is 6.66. The van der Waals surface area contributed by atoms with E-state index < -0.39 is 0 Å². The number of anilines is 1. The molecule has 0 aromatic heterocycles. The Labute approximate surface area is 106 Å². The summed E-state index contributed by atoms with van der Waals surface area (Å²) in [5.74, 6) is -0.00477. The third-order valence-corrected chi connectivity index (χ3v) is 3.12. The summed E-state index contributed by atoms with van der Waals surface area (Å²) < 4.78 is 0. The third-order valence-electron chi connectivity index (χ3n) is 3.12. The lowest BCUT2D eigenvalue weighted by molar-refractivity contribution is 0.248. The van der Waals surface area contributed by atoms with Gasteiger partial charge in [0.1, 0.15) is 5.84 Å². The summed E-state index contributed by atoms with van der Waals surface area (Å²) in [5, 5.41) is 13.0. The number of benzene rings is 1. The molecule has 0 unspecified atom stereocenters. The quantitative estimate of drug-likeness (QED) is 0.485. The molecule has 1 fully saturated rings. The number of hydrogen-bond donors (Lipinski definition) is 4. The van der Waals surface area contributed by atoms with Crippen molar-refractivity contribution < 1.29 is 4.79 Å². The van der Waals surface area contributed by atoms with E-state index in [0.29, 0.717) is 17.3 Å². The highest BCUT2D eigenvalue weighted by Crippen LogP contribution is 2.18. The van der Waals surface area contributed by atoms with Crippen molar-refractivity contribution in [1.82, 2.24) is 5.32 Å². The summed E-state index contributed by atoms with van der Waals surface area (Å²) >= 11 is 0. The maximum absolute atomic E-state index is 11.7. The second-order valence-electron chi connectivity index (χ2n) is 4.57. The molecule has 5 heteroatoms. The molecule has 1 aromatic carbocycles. The Bertz CT molecular complexity index is 452. The van der Waals surface area contributed by atoms with E-state index >= 15 is 0 Å². The molecule has 0 spiro atoms. The number of urea groups is 1. The van der Waals surface area contributed by atoms with Gasteiger partial charge in [0.05, 0.1) is 0 Å². The van der Waals surface area contributed by atoms with Gasteiger partial charge in [0.2, 0.25) is 0 Å². The van der Waals surface area contributed by atoms with Gasteiger partial charge in [-0.2, -0.15) is 0 Å². The van der Waals surface area contributed by atoms with Gasteiger partial charge in [-0.1, -0.05) is 25.0 Å². The second-order valence-corrected chi connectivity index (χ2v) is 4.57. The SMILES string of the molecule is N=C(N)c1cccc(NC(=O)NC2CCCC2)c1. The van der Waals surface area contributed by atoms with Crippen molar-refractivity contribution in [2.45, 2.75) is 31.7 Å². The molecule has 0 radical (unpaired) electrons. The third kappa shape index (κ3) is 3.23. The van der Waals surface area contributed by atoms with Crippen molar-refractivity contribution in [2.24, 2.45) is 5.73 Å². The number of nitrogens with one attached hydrogen (secondary N) is 3. The van der Waals surface area contributed by atoms with E-state index in [1.807, 2.05) is 0 Å². The zero-order valence-corrected chi connectivity index (χ0v) is 10.2. The summed E-state index contributed by atoms with van der Waals surface area (Å²) in [6.07, 6.45) is 4.48. The summed E-state index contributed by atoms with van der Waals surface area (Å²) in [6.45, 7) is 0. The molecule has 2 amide bonds. The molecule has 1 aliphatic rings. The number of amides is 2. The molecule has 1 aromatic rings. The van der Waals surface area contributed by atoms with Crippen molar-refractivity contribution in [2.75, 3.05) is 5.32 Å². The van der Waals surface area contributed by atoms with Crippen LogP contribution in [0.2, 0.25) is 0 Å². The Morgan fingerprint density at radius 2 is 2.06 bits per heavy atom. The monoisotopic (exact) mass is 246 g/mol. The van der Waals surface area contributed by atoms with Crippen molar-refractivity contribution in [3.05, 3.63) is 29.8 Å². The van der Waals surface area contributed by atoms with Gasteiger partial charge in [-0.05, 0) is 25.0 Å².